The zero-order chi connectivity index (χ0) is 17.9. The summed E-state index contributed by atoms with van der Waals surface area (Å²) in [6.45, 7) is 2.05. The molecule has 0 amide bonds. The fourth-order valence-corrected chi connectivity index (χ4v) is 3.25. The third kappa shape index (κ3) is 3.67. The summed E-state index contributed by atoms with van der Waals surface area (Å²) in [6.07, 6.45) is 7.70. The second-order valence-electron chi connectivity index (χ2n) is 5.83. The Morgan fingerprint density at radius 1 is 1.15 bits per heavy atom. The molecule has 130 valence electrons. The highest BCUT2D eigenvalue weighted by Gasteiger charge is 2.07. The van der Waals surface area contributed by atoms with Gasteiger partial charge in [0.15, 0.2) is 0 Å². The summed E-state index contributed by atoms with van der Waals surface area (Å²) in [5.74, 6) is 1.10. The summed E-state index contributed by atoms with van der Waals surface area (Å²) in [6, 6.07) is 10.3. The van der Waals surface area contributed by atoms with Gasteiger partial charge in [-0.3, -0.25) is 5.10 Å². The fourth-order valence-electron chi connectivity index (χ4n) is 2.56. The molecule has 0 saturated carbocycles. The predicted molar refractivity (Wildman–Crippen MR) is 101 cm³/mol. The molecule has 0 radical (unpaired) electrons. The summed E-state index contributed by atoms with van der Waals surface area (Å²) >= 11 is 1.53. The second-order valence-corrected chi connectivity index (χ2v) is 6.77. The van der Waals surface area contributed by atoms with E-state index >= 15 is 0 Å². The van der Waals surface area contributed by atoms with Gasteiger partial charge >= 0.3 is 0 Å². The Bertz CT molecular complexity index is 1070. The van der Waals surface area contributed by atoms with Gasteiger partial charge in [-0.1, -0.05) is 36.0 Å². The van der Waals surface area contributed by atoms with Gasteiger partial charge in [0.2, 0.25) is 5.16 Å². The number of hydrogen-bond donors (Lipinski definition) is 1. The first-order valence-corrected chi connectivity index (χ1v) is 9.08. The molecule has 26 heavy (non-hydrogen) atoms. The van der Waals surface area contributed by atoms with Crippen LogP contribution in [0.1, 0.15) is 22.6 Å². The van der Waals surface area contributed by atoms with Crippen LogP contribution in [0.15, 0.2) is 53.9 Å². The number of nitrogens with zero attached hydrogens (tertiary/aromatic N) is 4. The fraction of sp³-hybridized carbons (Fsp3) is 0.105. The Hall–Kier alpha value is -2.93. The van der Waals surface area contributed by atoms with Gasteiger partial charge in [0.05, 0.1) is 5.69 Å². The largest absolute Gasteiger partial charge is 0.307 e. The lowest BCUT2D eigenvalue weighted by Crippen LogP contribution is -1.84. The third-order valence-corrected chi connectivity index (χ3v) is 4.74. The first kappa shape index (κ1) is 16.5. The normalized spacial score (nSPS) is 11.6. The zero-order valence-electron chi connectivity index (χ0n) is 14.1. The number of pyridine rings is 1. The number of aryl methyl sites for hydroxylation is 1. The summed E-state index contributed by atoms with van der Waals surface area (Å²) in [5.41, 5.74) is 4.01. The summed E-state index contributed by atoms with van der Waals surface area (Å²) < 4.78 is 14.9. The molecule has 0 atom stereocenters. The highest BCUT2D eigenvalue weighted by atomic mass is 32.2. The number of halogens is 1. The number of rotatable bonds is 5. The van der Waals surface area contributed by atoms with Gasteiger partial charge in [0, 0.05) is 18.1 Å². The average Bonchev–Trinajstić information content (AvgIpc) is 3.27. The maximum absolute atomic E-state index is 12.9. The topological polar surface area (TPSA) is 58.9 Å². The number of imidazole rings is 1. The molecule has 1 aromatic carbocycles. The van der Waals surface area contributed by atoms with E-state index in [9.17, 15) is 4.39 Å². The lowest BCUT2D eigenvalue weighted by Gasteiger charge is -1.94. The molecular weight excluding hydrogens is 349 g/mol. The van der Waals surface area contributed by atoms with Crippen molar-refractivity contribution in [2.75, 3.05) is 0 Å². The van der Waals surface area contributed by atoms with E-state index < -0.39 is 0 Å². The molecular formula is C19H16FN5S. The van der Waals surface area contributed by atoms with Crippen molar-refractivity contribution in [1.29, 1.82) is 0 Å². The number of aromatic amines is 1. The van der Waals surface area contributed by atoms with Crippen LogP contribution in [-0.4, -0.2) is 24.6 Å². The van der Waals surface area contributed by atoms with Crippen LogP contribution in [0.5, 0.6) is 0 Å². The first-order chi connectivity index (χ1) is 12.7. The molecule has 0 unspecified atom stereocenters. The van der Waals surface area contributed by atoms with Crippen molar-refractivity contribution in [3.05, 3.63) is 77.3 Å². The van der Waals surface area contributed by atoms with Crippen LogP contribution in [0, 0.1) is 12.7 Å². The SMILES string of the molecule is Cc1cccn2cc(CSc3n[nH]c(/C=C/c4ccc(F)cc4)n3)nc12. The molecule has 4 aromatic rings. The number of nitrogens with one attached hydrogen (secondary N) is 1. The van der Waals surface area contributed by atoms with Crippen LogP contribution in [0.25, 0.3) is 17.8 Å². The third-order valence-electron chi connectivity index (χ3n) is 3.86. The Labute approximate surface area is 154 Å². The molecule has 4 rings (SSSR count). The van der Waals surface area contributed by atoms with Crippen LogP contribution < -0.4 is 0 Å². The Morgan fingerprint density at radius 3 is 2.81 bits per heavy atom. The molecule has 1 N–H and O–H groups in total. The number of benzene rings is 1. The number of H-pyrrole nitrogens is 1. The molecule has 0 spiro atoms. The molecule has 0 bridgehead atoms. The van der Waals surface area contributed by atoms with Gasteiger partial charge < -0.3 is 4.40 Å². The van der Waals surface area contributed by atoms with Crippen LogP contribution in [0.4, 0.5) is 4.39 Å². The van der Waals surface area contributed by atoms with E-state index in [1.165, 1.54) is 23.9 Å². The Balaban J connectivity index is 1.41. The van der Waals surface area contributed by atoms with Crippen molar-refractivity contribution < 1.29 is 4.39 Å². The van der Waals surface area contributed by atoms with Gasteiger partial charge in [0.1, 0.15) is 17.3 Å². The van der Waals surface area contributed by atoms with Crippen LogP contribution in [0.2, 0.25) is 0 Å². The second kappa shape index (κ2) is 7.13. The van der Waals surface area contributed by atoms with Crippen molar-refractivity contribution in [3.63, 3.8) is 0 Å². The number of aromatic nitrogens is 5. The molecule has 5 nitrogen and oxygen atoms in total. The number of thioether (sulfide) groups is 1. The van der Waals surface area contributed by atoms with E-state index in [-0.39, 0.29) is 5.82 Å². The van der Waals surface area contributed by atoms with Crippen LogP contribution >= 0.6 is 11.8 Å². The van der Waals surface area contributed by atoms with Crippen molar-refractivity contribution in [2.45, 2.75) is 17.8 Å². The van der Waals surface area contributed by atoms with Crippen molar-refractivity contribution in [1.82, 2.24) is 24.6 Å². The highest BCUT2D eigenvalue weighted by Crippen LogP contribution is 2.20. The summed E-state index contributed by atoms with van der Waals surface area (Å²) in [4.78, 5) is 9.08. The molecule has 7 heteroatoms. The smallest absolute Gasteiger partial charge is 0.209 e. The Morgan fingerprint density at radius 2 is 2.00 bits per heavy atom. The lowest BCUT2D eigenvalue weighted by atomic mass is 10.2. The molecule has 0 fully saturated rings. The Kier molecular flexibility index (Phi) is 4.53. The van der Waals surface area contributed by atoms with E-state index in [0.29, 0.717) is 16.7 Å². The molecule has 0 aliphatic rings. The first-order valence-electron chi connectivity index (χ1n) is 8.09. The summed E-state index contributed by atoms with van der Waals surface area (Å²) in [5, 5.41) is 7.77. The van der Waals surface area contributed by atoms with E-state index in [0.717, 1.165) is 22.5 Å². The number of fused-ring (bicyclic) bond motifs is 1. The van der Waals surface area contributed by atoms with E-state index in [1.54, 1.807) is 12.1 Å². The maximum Gasteiger partial charge on any atom is 0.209 e. The monoisotopic (exact) mass is 365 g/mol. The molecule has 0 aliphatic carbocycles. The zero-order valence-corrected chi connectivity index (χ0v) is 14.9. The van der Waals surface area contributed by atoms with Gasteiger partial charge in [0.25, 0.3) is 0 Å². The average molecular weight is 365 g/mol. The summed E-state index contributed by atoms with van der Waals surface area (Å²) in [7, 11) is 0. The van der Waals surface area contributed by atoms with Gasteiger partial charge in [-0.25, -0.2) is 14.4 Å². The van der Waals surface area contributed by atoms with E-state index in [1.807, 2.05) is 48.0 Å². The van der Waals surface area contributed by atoms with Crippen LogP contribution in [0.3, 0.4) is 0 Å². The highest BCUT2D eigenvalue weighted by molar-refractivity contribution is 7.98. The minimum absolute atomic E-state index is 0.248. The number of hydrogen-bond acceptors (Lipinski definition) is 4. The predicted octanol–water partition coefficient (Wildman–Crippen LogP) is 4.36. The quantitative estimate of drug-likeness (QED) is 0.534. The van der Waals surface area contributed by atoms with Gasteiger partial charge in [-0.15, -0.1) is 5.10 Å². The van der Waals surface area contributed by atoms with E-state index in [4.69, 9.17) is 0 Å². The van der Waals surface area contributed by atoms with Crippen molar-refractivity contribution in [3.8, 4) is 0 Å². The van der Waals surface area contributed by atoms with Gasteiger partial charge in [-0.2, -0.15) is 0 Å². The van der Waals surface area contributed by atoms with Crippen LogP contribution in [-0.2, 0) is 5.75 Å². The standard InChI is InChI=1S/C19H16FN5S/c1-13-3-2-10-25-11-16(21-18(13)25)12-26-19-22-17(23-24-19)9-6-14-4-7-15(20)8-5-14/h2-11H,12H2,1H3,(H,22,23,24)/b9-6+. The van der Waals surface area contributed by atoms with Gasteiger partial charge in [-0.05, 0) is 42.3 Å². The lowest BCUT2D eigenvalue weighted by molar-refractivity contribution is 0.628. The maximum atomic E-state index is 12.9. The minimum atomic E-state index is -0.248. The molecule has 3 aromatic heterocycles. The van der Waals surface area contributed by atoms with E-state index in [2.05, 4.69) is 20.2 Å². The minimum Gasteiger partial charge on any atom is -0.307 e. The molecule has 0 aliphatic heterocycles. The molecule has 0 saturated heterocycles. The van der Waals surface area contributed by atoms with Crippen molar-refractivity contribution in [2.24, 2.45) is 0 Å². The molecule has 3 heterocycles. The van der Waals surface area contributed by atoms with Crippen molar-refractivity contribution >= 4 is 29.6 Å².